The highest BCUT2D eigenvalue weighted by molar-refractivity contribution is 5.89. The molecule has 3 rings (SSSR count). The monoisotopic (exact) mass is 425 g/mol. The van der Waals surface area contributed by atoms with Gasteiger partial charge in [-0.25, -0.2) is 9.59 Å². The lowest BCUT2D eigenvalue weighted by molar-refractivity contribution is -0.146. The molecular formula is C23H23NO7. The zero-order chi connectivity index (χ0) is 22.4. The van der Waals surface area contributed by atoms with Crippen molar-refractivity contribution in [2.24, 2.45) is 0 Å². The Morgan fingerprint density at radius 2 is 1.77 bits per heavy atom. The largest absolute Gasteiger partial charge is 0.497 e. The number of esters is 1. The van der Waals surface area contributed by atoms with E-state index in [1.165, 1.54) is 27.4 Å². The first-order valence-electron chi connectivity index (χ1n) is 9.53. The molecule has 1 amide bonds. The summed E-state index contributed by atoms with van der Waals surface area (Å²) in [4.78, 5) is 37.3. The average molecular weight is 425 g/mol. The predicted octanol–water partition coefficient (Wildman–Crippen LogP) is 2.39. The highest BCUT2D eigenvalue weighted by Crippen LogP contribution is 2.24. The van der Waals surface area contributed by atoms with Crippen LogP contribution >= 0.6 is 0 Å². The van der Waals surface area contributed by atoms with E-state index in [0.29, 0.717) is 27.8 Å². The Labute approximate surface area is 178 Å². The third-order valence-corrected chi connectivity index (χ3v) is 4.84. The third-order valence-electron chi connectivity index (χ3n) is 4.84. The van der Waals surface area contributed by atoms with E-state index in [4.69, 9.17) is 18.6 Å². The molecule has 0 saturated carbocycles. The Kier molecular flexibility index (Phi) is 7.04. The van der Waals surface area contributed by atoms with Crippen molar-refractivity contribution < 1.29 is 28.2 Å². The van der Waals surface area contributed by atoms with Gasteiger partial charge in [-0.2, -0.15) is 0 Å². The summed E-state index contributed by atoms with van der Waals surface area (Å²) in [5, 5.41) is 3.30. The summed E-state index contributed by atoms with van der Waals surface area (Å²) in [6.07, 6.45) is -0.881. The minimum Gasteiger partial charge on any atom is -0.497 e. The predicted molar refractivity (Wildman–Crippen MR) is 113 cm³/mol. The van der Waals surface area contributed by atoms with Gasteiger partial charge in [0.05, 0.1) is 14.2 Å². The average Bonchev–Trinajstić information content (AvgIpc) is 2.78. The molecule has 1 aromatic heterocycles. The number of ether oxygens (including phenoxy) is 3. The number of nitrogens with one attached hydrogen (secondary N) is 1. The smallest absolute Gasteiger partial charge is 0.336 e. The minimum absolute atomic E-state index is 0.0259. The van der Waals surface area contributed by atoms with Crippen LogP contribution in [0.2, 0.25) is 0 Å². The van der Waals surface area contributed by atoms with Crippen LogP contribution in [0.5, 0.6) is 5.75 Å². The lowest BCUT2D eigenvalue weighted by Crippen LogP contribution is -2.45. The Morgan fingerprint density at radius 1 is 1.03 bits per heavy atom. The van der Waals surface area contributed by atoms with Crippen molar-refractivity contribution in [2.75, 3.05) is 21.3 Å². The van der Waals surface area contributed by atoms with Crippen molar-refractivity contribution in [1.82, 2.24) is 5.32 Å². The third kappa shape index (κ3) is 5.10. The number of hydrogen-bond acceptors (Lipinski definition) is 7. The van der Waals surface area contributed by atoms with Crippen LogP contribution in [0.3, 0.4) is 0 Å². The summed E-state index contributed by atoms with van der Waals surface area (Å²) in [7, 11) is 4.15. The number of carbonyl (C=O) groups excluding carboxylic acids is 2. The van der Waals surface area contributed by atoms with E-state index in [0.717, 1.165) is 0 Å². The quantitative estimate of drug-likeness (QED) is 0.436. The van der Waals surface area contributed by atoms with Crippen LogP contribution in [0.15, 0.2) is 63.8 Å². The number of hydrogen-bond donors (Lipinski definition) is 1. The molecule has 2 atom stereocenters. The molecular weight excluding hydrogens is 402 g/mol. The summed E-state index contributed by atoms with van der Waals surface area (Å²) in [6.45, 7) is 0. The van der Waals surface area contributed by atoms with Crippen molar-refractivity contribution in [3.63, 3.8) is 0 Å². The van der Waals surface area contributed by atoms with E-state index in [2.05, 4.69) is 5.32 Å². The van der Waals surface area contributed by atoms with Crippen molar-refractivity contribution >= 4 is 22.8 Å². The lowest BCUT2D eigenvalue weighted by Gasteiger charge is -2.21. The Hall–Kier alpha value is -3.65. The van der Waals surface area contributed by atoms with Crippen LogP contribution < -0.4 is 15.7 Å². The van der Waals surface area contributed by atoms with Gasteiger partial charge in [0.15, 0.2) is 6.10 Å². The molecule has 31 heavy (non-hydrogen) atoms. The van der Waals surface area contributed by atoms with Gasteiger partial charge in [-0.1, -0.05) is 30.3 Å². The molecule has 1 heterocycles. The standard InChI is InChI=1S/C23H23NO7/c1-28-16-9-10-17-15(12-20(25)31-19(17)13-16)11-18(23(27)30-3)24-22(26)21(29-2)14-7-5-4-6-8-14/h4-10,12-13,18,21H,11H2,1-3H3,(H,24,26)/t18-,21-/m0/s1. The first-order valence-corrected chi connectivity index (χ1v) is 9.53. The zero-order valence-corrected chi connectivity index (χ0v) is 17.4. The fourth-order valence-corrected chi connectivity index (χ4v) is 3.33. The molecule has 0 spiro atoms. The van der Waals surface area contributed by atoms with Gasteiger partial charge in [-0.05, 0) is 23.3 Å². The summed E-state index contributed by atoms with van der Waals surface area (Å²) in [5.41, 5.74) is 0.905. The van der Waals surface area contributed by atoms with Crippen LogP contribution in [0.4, 0.5) is 0 Å². The van der Waals surface area contributed by atoms with Gasteiger partial charge in [-0.3, -0.25) is 4.79 Å². The second-order valence-electron chi connectivity index (χ2n) is 6.77. The topological polar surface area (TPSA) is 104 Å². The summed E-state index contributed by atoms with van der Waals surface area (Å²) in [6, 6.07) is 14.2. The van der Waals surface area contributed by atoms with E-state index in [9.17, 15) is 14.4 Å². The maximum atomic E-state index is 12.9. The molecule has 0 aliphatic heterocycles. The Morgan fingerprint density at radius 3 is 2.42 bits per heavy atom. The molecule has 2 aromatic carbocycles. The summed E-state index contributed by atoms with van der Waals surface area (Å²) < 4.78 is 20.6. The number of rotatable bonds is 8. The van der Waals surface area contributed by atoms with E-state index < -0.39 is 29.6 Å². The van der Waals surface area contributed by atoms with Crippen LogP contribution in [0.1, 0.15) is 17.2 Å². The highest BCUT2D eigenvalue weighted by atomic mass is 16.5. The molecule has 1 N–H and O–H groups in total. The second kappa shape index (κ2) is 9.90. The van der Waals surface area contributed by atoms with Gasteiger partial charge in [0.2, 0.25) is 0 Å². The fourth-order valence-electron chi connectivity index (χ4n) is 3.33. The molecule has 0 fully saturated rings. The molecule has 0 aliphatic rings. The molecule has 0 unspecified atom stereocenters. The molecule has 8 nitrogen and oxygen atoms in total. The molecule has 0 saturated heterocycles. The first-order chi connectivity index (χ1) is 15.0. The number of carbonyl (C=O) groups is 2. The number of amides is 1. The summed E-state index contributed by atoms with van der Waals surface area (Å²) in [5.74, 6) is -0.624. The van der Waals surface area contributed by atoms with Crippen molar-refractivity contribution in [3.8, 4) is 5.75 Å². The number of fused-ring (bicyclic) bond motifs is 1. The number of benzene rings is 2. The summed E-state index contributed by atoms with van der Waals surface area (Å²) >= 11 is 0. The van der Waals surface area contributed by atoms with E-state index >= 15 is 0 Å². The number of methoxy groups -OCH3 is 3. The maximum Gasteiger partial charge on any atom is 0.336 e. The van der Waals surface area contributed by atoms with Gasteiger partial charge in [0.25, 0.3) is 5.91 Å². The van der Waals surface area contributed by atoms with Crippen LogP contribution in [0.25, 0.3) is 11.0 Å². The first kappa shape index (κ1) is 22.0. The van der Waals surface area contributed by atoms with E-state index in [-0.39, 0.29) is 6.42 Å². The van der Waals surface area contributed by atoms with E-state index in [1.807, 2.05) is 6.07 Å². The molecule has 8 heteroatoms. The zero-order valence-electron chi connectivity index (χ0n) is 17.4. The second-order valence-corrected chi connectivity index (χ2v) is 6.77. The van der Waals surface area contributed by atoms with Crippen molar-refractivity contribution in [2.45, 2.75) is 18.6 Å². The molecule has 0 aliphatic carbocycles. The van der Waals surface area contributed by atoms with E-state index in [1.54, 1.807) is 42.5 Å². The SMILES string of the molecule is COC(=O)[C@H](Cc1cc(=O)oc2cc(OC)ccc12)NC(=O)[C@@H](OC)c1ccccc1. The Bertz CT molecular complexity index is 1120. The van der Waals surface area contributed by atoms with Gasteiger partial charge in [-0.15, -0.1) is 0 Å². The van der Waals surface area contributed by atoms with Gasteiger partial charge < -0.3 is 23.9 Å². The van der Waals surface area contributed by atoms with Crippen molar-refractivity contribution in [3.05, 3.63) is 76.1 Å². The molecule has 0 radical (unpaired) electrons. The van der Waals surface area contributed by atoms with Gasteiger partial charge >= 0.3 is 11.6 Å². The van der Waals surface area contributed by atoms with Crippen molar-refractivity contribution in [1.29, 1.82) is 0 Å². The maximum absolute atomic E-state index is 12.9. The normalized spacial score (nSPS) is 12.7. The van der Waals surface area contributed by atoms with Crippen LogP contribution in [-0.4, -0.2) is 39.2 Å². The molecule has 162 valence electrons. The van der Waals surface area contributed by atoms with Crippen LogP contribution in [0, 0.1) is 0 Å². The van der Waals surface area contributed by atoms with Gasteiger partial charge in [0.1, 0.15) is 17.4 Å². The van der Waals surface area contributed by atoms with Crippen LogP contribution in [-0.2, 0) is 25.5 Å². The highest BCUT2D eigenvalue weighted by Gasteiger charge is 2.28. The van der Waals surface area contributed by atoms with Gasteiger partial charge in [0, 0.05) is 31.0 Å². The Balaban J connectivity index is 1.91. The molecule has 0 bridgehead atoms. The fraction of sp³-hybridized carbons (Fsp3) is 0.261. The minimum atomic E-state index is -1.04. The molecule has 3 aromatic rings. The lowest BCUT2D eigenvalue weighted by atomic mass is 10.0.